The van der Waals surface area contributed by atoms with Gasteiger partial charge in [-0.2, -0.15) is 13.2 Å². The highest BCUT2D eigenvalue weighted by Gasteiger charge is 2.30. The third-order valence-corrected chi connectivity index (χ3v) is 3.57. The molecule has 1 heterocycles. The van der Waals surface area contributed by atoms with Crippen LogP contribution >= 0.6 is 11.3 Å². The maximum Gasteiger partial charge on any atom is 0.411 e. The zero-order valence-corrected chi connectivity index (χ0v) is 12.1. The van der Waals surface area contributed by atoms with Crippen molar-refractivity contribution in [3.05, 3.63) is 23.8 Å². The van der Waals surface area contributed by atoms with Crippen molar-refractivity contribution in [2.75, 3.05) is 11.9 Å². The monoisotopic (exact) mass is 318 g/mol. The van der Waals surface area contributed by atoms with Crippen LogP contribution in [0.4, 0.5) is 18.3 Å². The molecule has 0 aliphatic carbocycles. The molecule has 0 saturated heterocycles. The number of aromatic nitrogens is 1. The number of thiazole rings is 1. The average molecular weight is 318 g/mol. The van der Waals surface area contributed by atoms with E-state index in [1.165, 1.54) is 18.3 Å². The molecule has 2 aromatic rings. The number of carbonyl (C=O) groups is 1. The molecule has 0 aliphatic heterocycles. The van der Waals surface area contributed by atoms with E-state index in [9.17, 15) is 18.0 Å². The lowest BCUT2D eigenvalue weighted by Gasteiger charge is -2.13. The summed E-state index contributed by atoms with van der Waals surface area (Å²) >= 11 is 1.26. The van der Waals surface area contributed by atoms with Crippen LogP contribution in [0.2, 0.25) is 0 Å². The minimum absolute atomic E-state index is 0.336. The second-order valence-corrected chi connectivity index (χ2v) is 5.58. The molecule has 0 radical (unpaired) electrons. The van der Waals surface area contributed by atoms with Crippen molar-refractivity contribution >= 4 is 32.6 Å². The molecule has 0 unspecified atom stereocenters. The number of ether oxygens (including phenoxy) is 1. The highest BCUT2D eigenvalue weighted by atomic mass is 32.1. The number of hydrogen-bond donors (Lipinski definition) is 1. The van der Waals surface area contributed by atoms with Gasteiger partial charge >= 0.3 is 6.18 Å². The Morgan fingerprint density at radius 1 is 1.48 bits per heavy atom. The predicted molar refractivity (Wildman–Crippen MR) is 74.5 cm³/mol. The summed E-state index contributed by atoms with van der Waals surface area (Å²) in [7, 11) is 0. The molecule has 2 rings (SSSR count). The molecular weight excluding hydrogens is 305 g/mol. The Bertz CT molecular complexity index is 654. The Balaban J connectivity index is 2.00. The fourth-order valence-electron chi connectivity index (χ4n) is 1.59. The molecule has 1 N–H and O–H groups in total. The largest absolute Gasteiger partial charge is 0.411 e. The van der Waals surface area contributed by atoms with E-state index in [0.717, 1.165) is 15.8 Å². The van der Waals surface area contributed by atoms with E-state index in [1.54, 1.807) is 0 Å². The fourth-order valence-corrected chi connectivity index (χ4v) is 2.55. The van der Waals surface area contributed by atoms with Gasteiger partial charge in [0.05, 0.1) is 10.2 Å². The summed E-state index contributed by atoms with van der Waals surface area (Å²) in [6.07, 6.45) is -5.66. The third-order valence-electron chi connectivity index (χ3n) is 2.64. The second kappa shape index (κ2) is 5.98. The fraction of sp³-hybridized carbons (Fsp3) is 0.385. The number of alkyl halides is 3. The lowest BCUT2D eigenvalue weighted by atomic mass is 10.2. The van der Waals surface area contributed by atoms with Crippen LogP contribution in [0.1, 0.15) is 12.5 Å². The van der Waals surface area contributed by atoms with Gasteiger partial charge in [0.1, 0.15) is 12.7 Å². The van der Waals surface area contributed by atoms with Gasteiger partial charge in [0.2, 0.25) is 0 Å². The van der Waals surface area contributed by atoms with E-state index in [1.807, 2.05) is 25.1 Å². The molecule has 0 spiro atoms. The first-order valence-electron chi connectivity index (χ1n) is 6.11. The van der Waals surface area contributed by atoms with Crippen LogP contribution in [0.15, 0.2) is 18.2 Å². The molecule has 1 atom stereocenters. The van der Waals surface area contributed by atoms with E-state index >= 15 is 0 Å². The number of nitrogens with one attached hydrogen (secondary N) is 1. The molecule has 4 nitrogen and oxygen atoms in total. The van der Waals surface area contributed by atoms with E-state index in [4.69, 9.17) is 0 Å². The van der Waals surface area contributed by atoms with Crippen molar-refractivity contribution < 1.29 is 22.7 Å². The van der Waals surface area contributed by atoms with Crippen molar-refractivity contribution in [2.45, 2.75) is 26.1 Å². The van der Waals surface area contributed by atoms with Crippen molar-refractivity contribution in [1.29, 1.82) is 0 Å². The van der Waals surface area contributed by atoms with Gasteiger partial charge in [-0.1, -0.05) is 17.4 Å². The second-order valence-electron chi connectivity index (χ2n) is 4.55. The summed E-state index contributed by atoms with van der Waals surface area (Å²) in [5, 5.41) is 2.80. The Morgan fingerprint density at radius 3 is 2.86 bits per heavy atom. The molecule has 0 saturated carbocycles. The molecule has 1 amide bonds. The molecule has 0 fully saturated rings. The molecular formula is C13H13F3N2O2S. The number of halogens is 3. The van der Waals surface area contributed by atoms with Crippen LogP contribution in [0.5, 0.6) is 0 Å². The van der Waals surface area contributed by atoms with Crippen molar-refractivity contribution in [3.63, 3.8) is 0 Å². The average Bonchev–Trinajstić information content (AvgIpc) is 2.76. The van der Waals surface area contributed by atoms with Crippen LogP contribution in [-0.2, 0) is 9.53 Å². The molecule has 0 bridgehead atoms. The van der Waals surface area contributed by atoms with Gasteiger partial charge in [-0.25, -0.2) is 4.98 Å². The van der Waals surface area contributed by atoms with Crippen molar-refractivity contribution in [2.24, 2.45) is 0 Å². The number of carbonyl (C=O) groups excluding carboxylic acids is 1. The van der Waals surface area contributed by atoms with Crippen LogP contribution in [-0.4, -0.2) is 29.8 Å². The number of fused-ring (bicyclic) bond motifs is 1. The SMILES string of the molecule is Cc1ccc2nc(NC(=O)[C@H](C)OCC(F)(F)F)sc2c1. The van der Waals surface area contributed by atoms with Gasteiger partial charge in [-0.15, -0.1) is 0 Å². The van der Waals surface area contributed by atoms with E-state index < -0.39 is 24.8 Å². The quantitative estimate of drug-likeness (QED) is 0.938. The number of amides is 1. The predicted octanol–water partition coefficient (Wildman–Crippen LogP) is 3.51. The number of rotatable bonds is 4. The number of hydrogen-bond acceptors (Lipinski definition) is 4. The minimum Gasteiger partial charge on any atom is -0.359 e. The zero-order valence-electron chi connectivity index (χ0n) is 11.3. The summed E-state index contributed by atoms with van der Waals surface area (Å²) in [5.74, 6) is -0.657. The maximum absolute atomic E-state index is 12.0. The van der Waals surface area contributed by atoms with Gasteiger partial charge in [0.25, 0.3) is 5.91 Å². The molecule has 1 aromatic carbocycles. The maximum atomic E-state index is 12.0. The van der Waals surface area contributed by atoms with Crippen molar-refractivity contribution in [3.8, 4) is 0 Å². The Kier molecular flexibility index (Phi) is 4.48. The minimum atomic E-state index is -4.46. The van der Waals surface area contributed by atoms with Gasteiger partial charge in [-0.05, 0) is 31.5 Å². The summed E-state index contributed by atoms with van der Waals surface area (Å²) in [6, 6.07) is 5.63. The van der Waals surface area contributed by atoms with E-state index in [2.05, 4.69) is 15.0 Å². The Morgan fingerprint density at radius 2 is 2.19 bits per heavy atom. The van der Waals surface area contributed by atoms with Crippen LogP contribution in [0.3, 0.4) is 0 Å². The lowest BCUT2D eigenvalue weighted by molar-refractivity contribution is -0.184. The number of aryl methyl sites for hydroxylation is 1. The first kappa shape index (κ1) is 15.7. The zero-order chi connectivity index (χ0) is 15.6. The number of nitrogens with zero attached hydrogens (tertiary/aromatic N) is 1. The summed E-state index contributed by atoms with van der Waals surface area (Å²) in [6.45, 7) is 1.74. The third kappa shape index (κ3) is 4.40. The van der Waals surface area contributed by atoms with Crippen LogP contribution < -0.4 is 5.32 Å². The van der Waals surface area contributed by atoms with Gasteiger partial charge in [0, 0.05) is 0 Å². The van der Waals surface area contributed by atoms with E-state index in [0.29, 0.717) is 5.13 Å². The molecule has 1 aromatic heterocycles. The number of anilines is 1. The molecule has 0 aliphatic rings. The first-order valence-corrected chi connectivity index (χ1v) is 6.93. The lowest BCUT2D eigenvalue weighted by Crippen LogP contribution is -2.31. The summed E-state index contributed by atoms with van der Waals surface area (Å²) in [4.78, 5) is 15.9. The summed E-state index contributed by atoms with van der Waals surface area (Å²) < 4.78 is 41.4. The van der Waals surface area contributed by atoms with Crippen molar-refractivity contribution in [1.82, 2.24) is 4.98 Å². The summed E-state index contributed by atoms with van der Waals surface area (Å²) in [5.41, 5.74) is 1.79. The normalized spacial score (nSPS) is 13.4. The molecule has 114 valence electrons. The number of benzene rings is 1. The highest BCUT2D eigenvalue weighted by Crippen LogP contribution is 2.26. The van der Waals surface area contributed by atoms with Gasteiger partial charge in [0.15, 0.2) is 5.13 Å². The molecule has 8 heteroatoms. The highest BCUT2D eigenvalue weighted by molar-refractivity contribution is 7.22. The smallest absolute Gasteiger partial charge is 0.359 e. The van der Waals surface area contributed by atoms with Crippen LogP contribution in [0, 0.1) is 6.92 Å². The standard InChI is InChI=1S/C13H13F3N2O2S/c1-7-3-4-9-10(5-7)21-12(17-9)18-11(19)8(2)20-6-13(14,15)16/h3-5,8H,6H2,1-2H3,(H,17,18,19)/t8-/m0/s1. The first-order chi connectivity index (χ1) is 9.74. The molecule has 21 heavy (non-hydrogen) atoms. The topological polar surface area (TPSA) is 51.2 Å². The Hall–Kier alpha value is -1.67. The Labute approximate surface area is 122 Å². The van der Waals surface area contributed by atoms with Crippen LogP contribution in [0.25, 0.3) is 10.2 Å². The van der Waals surface area contributed by atoms with Gasteiger partial charge < -0.3 is 4.74 Å². The van der Waals surface area contributed by atoms with E-state index in [-0.39, 0.29) is 0 Å². The van der Waals surface area contributed by atoms with Gasteiger partial charge in [-0.3, -0.25) is 10.1 Å².